The van der Waals surface area contributed by atoms with Gasteiger partial charge in [-0.25, -0.2) is 0 Å². The molecule has 0 aliphatic rings. The number of alkyl halides is 3. The highest BCUT2D eigenvalue weighted by molar-refractivity contribution is 7.12. The third kappa shape index (κ3) is 3.33. The Bertz CT molecular complexity index is 737. The summed E-state index contributed by atoms with van der Waals surface area (Å²) in [6, 6.07) is 3.93. The van der Waals surface area contributed by atoms with Gasteiger partial charge in [0.05, 0.1) is 15.4 Å². The number of Topliss-reactive ketones (excluding diaryl/α,β-unsaturated/α-hetero) is 1. The molecule has 1 aromatic heterocycles. The van der Waals surface area contributed by atoms with Gasteiger partial charge in [-0.05, 0) is 30.0 Å². The molecule has 8 heteroatoms. The molecule has 0 atom stereocenters. The number of nitro benzene ring substituents is 1. The third-order valence-electron chi connectivity index (χ3n) is 3.08. The molecule has 0 aliphatic carbocycles. The summed E-state index contributed by atoms with van der Waals surface area (Å²) in [5, 5.41) is 12.7. The fourth-order valence-electron chi connectivity index (χ4n) is 1.97. The number of carbonyl (C=O) groups is 1. The number of benzene rings is 1. The van der Waals surface area contributed by atoms with Crippen LogP contribution in [-0.2, 0) is 12.6 Å². The lowest BCUT2D eigenvalue weighted by Gasteiger charge is -2.08. The van der Waals surface area contributed by atoms with Gasteiger partial charge in [0, 0.05) is 18.1 Å². The minimum Gasteiger partial charge on any atom is -0.293 e. The molecule has 116 valence electrons. The summed E-state index contributed by atoms with van der Waals surface area (Å²) >= 11 is 1.20. The highest BCUT2D eigenvalue weighted by Gasteiger charge is 2.33. The van der Waals surface area contributed by atoms with Crippen molar-refractivity contribution < 1.29 is 22.9 Å². The number of carbonyl (C=O) groups excluding carboxylic acids is 1. The fraction of sp³-hybridized carbons (Fsp3) is 0.214. The summed E-state index contributed by atoms with van der Waals surface area (Å²) in [4.78, 5) is 22.6. The Morgan fingerprint density at radius 1 is 1.32 bits per heavy atom. The number of rotatable bonds is 4. The second kappa shape index (κ2) is 5.88. The van der Waals surface area contributed by atoms with Crippen LogP contribution >= 0.6 is 11.3 Å². The molecule has 0 fully saturated rings. The molecular weight excluding hydrogens is 319 g/mol. The van der Waals surface area contributed by atoms with Crippen LogP contribution in [0.25, 0.3) is 0 Å². The zero-order chi connectivity index (χ0) is 16.5. The van der Waals surface area contributed by atoms with Gasteiger partial charge < -0.3 is 0 Å². The number of ketones is 1. The number of hydrogen-bond donors (Lipinski definition) is 0. The molecule has 2 aromatic rings. The van der Waals surface area contributed by atoms with Gasteiger partial charge in [-0.1, -0.05) is 6.07 Å². The molecule has 0 N–H and O–H groups in total. The van der Waals surface area contributed by atoms with Gasteiger partial charge in [-0.3, -0.25) is 14.9 Å². The van der Waals surface area contributed by atoms with Gasteiger partial charge in [-0.2, -0.15) is 13.2 Å². The summed E-state index contributed by atoms with van der Waals surface area (Å²) in [6.45, 7) is 1.73. The summed E-state index contributed by atoms with van der Waals surface area (Å²) in [7, 11) is 0. The quantitative estimate of drug-likeness (QED) is 0.474. The first-order valence-corrected chi connectivity index (χ1v) is 7.00. The number of halogens is 3. The maximum Gasteiger partial charge on any atom is 0.416 e. The zero-order valence-electron chi connectivity index (χ0n) is 11.3. The summed E-state index contributed by atoms with van der Waals surface area (Å²) in [5.41, 5.74) is -1.10. The molecule has 1 aromatic carbocycles. The molecular formula is C14H10F3NO3S. The predicted octanol–water partition coefficient (Wildman–Crippen LogP) is 4.41. The van der Waals surface area contributed by atoms with Crippen molar-refractivity contribution in [3.05, 3.63) is 61.3 Å². The van der Waals surface area contributed by atoms with Crippen molar-refractivity contribution in [2.45, 2.75) is 19.5 Å². The van der Waals surface area contributed by atoms with Crippen molar-refractivity contribution in [3.63, 3.8) is 0 Å². The predicted molar refractivity (Wildman–Crippen MR) is 75.2 cm³/mol. The van der Waals surface area contributed by atoms with Crippen LogP contribution in [-0.4, -0.2) is 10.7 Å². The van der Waals surface area contributed by atoms with E-state index in [0.717, 1.165) is 17.7 Å². The lowest BCUT2D eigenvalue weighted by atomic mass is 10.0. The van der Waals surface area contributed by atoms with Crippen molar-refractivity contribution in [1.29, 1.82) is 0 Å². The molecule has 0 saturated heterocycles. The standard InChI is InChI=1S/C14H10F3NO3S/c1-8-4-5-22-13(8)12(19)6-9-2-3-10(14(15,16)17)7-11(9)18(20)21/h2-5,7H,6H2,1H3. The van der Waals surface area contributed by atoms with Crippen molar-refractivity contribution in [2.24, 2.45) is 0 Å². The topological polar surface area (TPSA) is 60.2 Å². The second-order valence-electron chi connectivity index (χ2n) is 4.63. The lowest BCUT2D eigenvalue weighted by Crippen LogP contribution is -2.09. The Hall–Kier alpha value is -2.22. The van der Waals surface area contributed by atoms with Gasteiger partial charge in [0.15, 0.2) is 5.78 Å². The average Bonchev–Trinajstić information content (AvgIpc) is 2.84. The molecule has 0 unspecified atom stereocenters. The highest BCUT2D eigenvalue weighted by Crippen LogP contribution is 2.33. The number of aryl methyl sites for hydroxylation is 1. The van der Waals surface area contributed by atoms with E-state index >= 15 is 0 Å². The van der Waals surface area contributed by atoms with Gasteiger partial charge >= 0.3 is 6.18 Å². The Morgan fingerprint density at radius 2 is 2.00 bits per heavy atom. The van der Waals surface area contributed by atoms with Crippen molar-refractivity contribution in [1.82, 2.24) is 0 Å². The first kappa shape index (κ1) is 16.2. The van der Waals surface area contributed by atoms with E-state index in [1.807, 2.05) is 0 Å². The monoisotopic (exact) mass is 329 g/mol. The van der Waals surface area contributed by atoms with E-state index in [1.54, 1.807) is 18.4 Å². The molecule has 1 heterocycles. The summed E-state index contributed by atoms with van der Waals surface area (Å²) in [5.74, 6) is -0.352. The summed E-state index contributed by atoms with van der Waals surface area (Å²) < 4.78 is 37.8. The Kier molecular flexibility index (Phi) is 4.32. The van der Waals surface area contributed by atoms with Gasteiger partial charge in [-0.15, -0.1) is 11.3 Å². The number of thiophene rings is 1. The van der Waals surface area contributed by atoms with Crippen LogP contribution < -0.4 is 0 Å². The van der Waals surface area contributed by atoms with Crippen LogP contribution in [0.15, 0.2) is 29.6 Å². The van der Waals surface area contributed by atoms with Crippen LogP contribution in [0.5, 0.6) is 0 Å². The van der Waals surface area contributed by atoms with Gasteiger partial charge in [0.2, 0.25) is 0 Å². The Morgan fingerprint density at radius 3 is 2.50 bits per heavy atom. The SMILES string of the molecule is Cc1ccsc1C(=O)Cc1ccc(C(F)(F)F)cc1[N+](=O)[O-]. The van der Waals surface area contributed by atoms with E-state index in [9.17, 15) is 28.1 Å². The maximum absolute atomic E-state index is 12.6. The highest BCUT2D eigenvalue weighted by atomic mass is 32.1. The lowest BCUT2D eigenvalue weighted by molar-refractivity contribution is -0.385. The van der Waals surface area contributed by atoms with E-state index in [-0.39, 0.29) is 17.8 Å². The molecule has 0 aliphatic heterocycles. The van der Waals surface area contributed by atoms with Gasteiger partial charge in [0.1, 0.15) is 0 Å². The van der Waals surface area contributed by atoms with Crippen LogP contribution in [0, 0.1) is 17.0 Å². The Labute approximate surface area is 127 Å². The van der Waals surface area contributed by atoms with E-state index in [1.165, 1.54) is 11.3 Å². The third-order valence-corrected chi connectivity index (χ3v) is 4.13. The Balaban J connectivity index is 2.37. The van der Waals surface area contributed by atoms with E-state index < -0.39 is 22.4 Å². The van der Waals surface area contributed by atoms with Crippen LogP contribution in [0.1, 0.15) is 26.4 Å². The zero-order valence-corrected chi connectivity index (χ0v) is 12.1. The van der Waals surface area contributed by atoms with E-state index in [4.69, 9.17) is 0 Å². The van der Waals surface area contributed by atoms with Gasteiger partial charge in [0.25, 0.3) is 5.69 Å². The first-order chi connectivity index (χ1) is 10.2. The second-order valence-corrected chi connectivity index (χ2v) is 5.55. The molecule has 0 amide bonds. The molecule has 0 spiro atoms. The molecule has 0 bridgehead atoms. The molecule has 0 radical (unpaired) electrons. The molecule has 22 heavy (non-hydrogen) atoms. The summed E-state index contributed by atoms with van der Waals surface area (Å²) in [6.07, 6.45) is -4.98. The van der Waals surface area contributed by atoms with Crippen LogP contribution in [0.2, 0.25) is 0 Å². The number of nitro groups is 1. The van der Waals surface area contributed by atoms with Crippen LogP contribution in [0.4, 0.5) is 18.9 Å². The molecule has 4 nitrogen and oxygen atoms in total. The largest absolute Gasteiger partial charge is 0.416 e. The number of hydrogen-bond acceptors (Lipinski definition) is 4. The van der Waals surface area contributed by atoms with Crippen molar-refractivity contribution in [3.8, 4) is 0 Å². The maximum atomic E-state index is 12.6. The average molecular weight is 329 g/mol. The minimum absolute atomic E-state index is 0.0317. The molecule has 2 rings (SSSR count). The minimum atomic E-state index is -4.67. The van der Waals surface area contributed by atoms with E-state index in [0.29, 0.717) is 10.9 Å². The van der Waals surface area contributed by atoms with Crippen LogP contribution in [0.3, 0.4) is 0 Å². The smallest absolute Gasteiger partial charge is 0.293 e. The van der Waals surface area contributed by atoms with Crippen molar-refractivity contribution in [2.75, 3.05) is 0 Å². The number of nitrogens with zero attached hydrogens (tertiary/aromatic N) is 1. The fourth-order valence-corrected chi connectivity index (χ4v) is 2.84. The normalized spacial score (nSPS) is 11.5. The van der Waals surface area contributed by atoms with E-state index in [2.05, 4.69) is 0 Å². The van der Waals surface area contributed by atoms with Crippen molar-refractivity contribution >= 4 is 22.8 Å². The first-order valence-electron chi connectivity index (χ1n) is 6.12. The molecule has 0 saturated carbocycles.